The molecule has 0 saturated heterocycles. The maximum atomic E-state index is 12.3. The standard InChI is InChI=1S/C17H15F2NO4/c18-17(19)24-14-9-5-4-8-13(14)20-15(21)11-23-16(22)10-12-6-2-1-3-7-12/h1-9,17H,10-11H2,(H,20,21). The quantitative estimate of drug-likeness (QED) is 0.790. The Morgan fingerprint density at radius 1 is 1.00 bits per heavy atom. The van der Waals surface area contributed by atoms with Gasteiger partial charge < -0.3 is 14.8 Å². The largest absolute Gasteiger partial charge is 0.455 e. The molecule has 2 aromatic rings. The van der Waals surface area contributed by atoms with Crippen LogP contribution in [0.25, 0.3) is 0 Å². The minimum Gasteiger partial charge on any atom is -0.455 e. The number of halogens is 2. The fourth-order valence-electron chi connectivity index (χ4n) is 1.91. The third-order valence-electron chi connectivity index (χ3n) is 2.93. The van der Waals surface area contributed by atoms with E-state index in [9.17, 15) is 18.4 Å². The molecule has 0 aliphatic rings. The number of hydrogen-bond acceptors (Lipinski definition) is 4. The average Bonchev–Trinajstić information content (AvgIpc) is 2.55. The molecular weight excluding hydrogens is 320 g/mol. The van der Waals surface area contributed by atoms with Crippen molar-refractivity contribution in [3.05, 3.63) is 60.2 Å². The van der Waals surface area contributed by atoms with E-state index in [2.05, 4.69) is 10.1 Å². The second-order valence-corrected chi connectivity index (χ2v) is 4.75. The van der Waals surface area contributed by atoms with E-state index in [1.54, 1.807) is 30.3 Å². The number of carbonyl (C=O) groups is 2. The van der Waals surface area contributed by atoms with Crippen molar-refractivity contribution in [1.82, 2.24) is 0 Å². The second-order valence-electron chi connectivity index (χ2n) is 4.75. The average molecular weight is 335 g/mol. The molecule has 0 radical (unpaired) electrons. The van der Waals surface area contributed by atoms with E-state index in [0.29, 0.717) is 0 Å². The Morgan fingerprint density at radius 2 is 1.67 bits per heavy atom. The van der Waals surface area contributed by atoms with E-state index in [1.807, 2.05) is 6.07 Å². The van der Waals surface area contributed by atoms with E-state index in [1.165, 1.54) is 18.2 Å². The molecule has 7 heteroatoms. The van der Waals surface area contributed by atoms with Gasteiger partial charge in [-0.05, 0) is 17.7 Å². The Labute approximate surface area is 137 Å². The van der Waals surface area contributed by atoms with E-state index in [-0.39, 0.29) is 17.9 Å². The van der Waals surface area contributed by atoms with Crippen molar-refractivity contribution in [2.45, 2.75) is 13.0 Å². The van der Waals surface area contributed by atoms with E-state index in [4.69, 9.17) is 4.74 Å². The first kappa shape index (κ1) is 17.4. The van der Waals surface area contributed by atoms with Gasteiger partial charge in [-0.15, -0.1) is 0 Å². The van der Waals surface area contributed by atoms with Crippen molar-refractivity contribution in [2.24, 2.45) is 0 Å². The second kappa shape index (κ2) is 8.61. The minimum absolute atomic E-state index is 0.0409. The molecule has 0 bridgehead atoms. The number of nitrogens with one attached hydrogen (secondary N) is 1. The number of hydrogen-bond donors (Lipinski definition) is 1. The lowest BCUT2D eigenvalue weighted by molar-refractivity contribution is -0.146. The van der Waals surface area contributed by atoms with Crippen molar-refractivity contribution in [3.8, 4) is 5.75 Å². The molecule has 1 N–H and O–H groups in total. The molecule has 0 saturated carbocycles. The number of para-hydroxylation sites is 2. The fraction of sp³-hybridized carbons (Fsp3) is 0.176. The Hall–Kier alpha value is -2.96. The lowest BCUT2D eigenvalue weighted by Gasteiger charge is -2.11. The van der Waals surface area contributed by atoms with Gasteiger partial charge in [0.05, 0.1) is 12.1 Å². The van der Waals surface area contributed by atoms with Crippen molar-refractivity contribution < 1.29 is 27.8 Å². The summed E-state index contributed by atoms with van der Waals surface area (Å²) in [5, 5.41) is 2.36. The van der Waals surface area contributed by atoms with Gasteiger partial charge in [-0.2, -0.15) is 8.78 Å². The highest BCUT2D eigenvalue weighted by Gasteiger charge is 2.13. The monoisotopic (exact) mass is 335 g/mol. The number of benzene rings is 2. The molecule has 0 aliphatic heterocycles. The molecule has 24 heavy (non-hydrogen) atoms. The molecule has 0 heterocycles. The Morgan fingerprint density at radius 3 is 2.38 bits per heavy atom. The van der Waals surface area contributed by atoms with Gasteiger partial charge in [-0.3, -0.25) is 9.59 Å². The number of ether oxygens (including phenoxy) is 2. The lowest BCUT2D eigenvalue weighted by atomic mass is 10.2. The predicted octanol–water partition coefficient (Wildman–Crippen LogP) is 3.01. The van der Waals surface area contributed by atoms with Gasteiger partial charge in [0.2, 0.25) is 0 Å². The van der Waals surface area contributed by atoms with Gasteiger partial charge in [0.1, 0.15) is 5.75 Å². The maximum Gasteiger partial charge on any atom is 0.387 e. The van der Waals surface area contributed by atoms with Crippen molar-refractivity contribution in [2.75, 3.05) is 11.9 Å². The molecule has 0 aromatic heterocycles. The maximum absolute atomic E-state index is 12.3. The molecule has 0 fully saturated rings. The number of alkyl halides is 2. The summed E-state index contributed by atoms with van der Waals surface area (Å²) < 4.78 is 33.7. The topological polar surface area (TPSA) is 64.6 Å². The van der Waals surface area contributed by atoms with Crippen molar-refractivity contribution in [3.63, 3.8) is 0 Å². The Balaban J connectivity index is 1.84. The SMILES string of the molecule is O=C(COC(=O)Cc1ccccc1)Nc1ccccc1OC(F)F. The fourth-order valence-corrected chi connectivity index (χ4v) is 1.91. The van der Waals surface area contributed by atoms with Crippen LogP contribution in [0.15, 0.2) is 54.6 Å². The molecule has 0 atom stereocenters. The van der Waals surface area contributed by atoms with Crippen molar-refractivity contribution in [1.29, 1.82) is 0 Å². The van der Waals surface area contributed by atoms with Crippen LogP contribution in [0.1, 0.15) is 5.56 Å². The summed E-state index contributed by atoms with van der Waals surface area (Å²) in [6.45, 7) is -3.53. The third-order valence-corrected chi connectivity index (χ3v) is 2.93. The van der Waals surface area contributed by atoms with Gasteiger partial charge in [-0.25, -0.2) is 0 Å². The zero-order valence-electron chi connectivity index (χ0n) is 12.6. The van der Waals surface area contributed by atoms with E-state index >= 15 is 0 Å². The van der Waals surface area contributed by atoms with E-state index in [0.717, 1.165) is 5.56 Å². The van der Waals surface area contributed by atoms with Crippen LogP contribution in [-0.4, -0.2) is 25.1 Å². The molecule has 0 aliphatic carbocycles. The first-order valence-electron chi connectivity index (χ1n) is 7.08. The predicted molar refractivity (Wildman–Crippen MR) is 82.8 cm³/mol. The Bertz CT molecular complexity index is 692. The van der Waals surface area contributed by atoms with Gasteiger partial charge in [0, 0.05) is 0 Å². The summed E-state index contributed by atoms with van der Waals surface area (Å²) in [6, 6.07) is 14.7. The summed E-state index contributed by atoms with van der Waals surface area (Å²) >= 11 is 0. The molecule has 2 rings (SSSR count). The summed E-state index contributed by atoms with van der Waals surface area (Å²) in [7, 11) is 0. The smallest absolute Gasteiger partial charge is 0.387 e. The molecule has 0 unspecified atom stereocenters. The number of esters is 1. The minimum atomic E-state index is -3.01. The van der Waals surface area contributed by atoms with E-state index < -0.39 is 25.1 Å². The Kier molecular flexibility index (Phi) is 6.24. The molecule has 1 amide bonds. The highest BCUT2D eigenvalue weighted by atomic mass is 19.3. The molecule has 5 nitrogen and oxygen atoms in total. The van der Waals surface area contributed by atoms with Crippen LogP contribution in [0.2, 0.25) is 0 Å². The van der Waals surface area contributed by atoms with Crippen LogP contribution in [0, 0.1) is 0 Å². The van der Waals surface area contributed by atoms with Crippen LogP contribution in [0.3, 0.4) is 0 Å². The van der Waals surface area contributed by atoms with Gasteiger partial charge in [0.25, 0.3) is 5.91 Å². The number of anilines is 1. The zero-order valence-corrected chi connectivity index (χ0v) is 12.6. The lowest BCUT2D eigenvalue weighted by Crippen LogP contribution is -2.22. The summed E-state index contributed by atoms with van der Waals surface area (Å²) in [6.07, 6.45) is 0.0409. The van der Waals surface area contributed by atoms with Crippen molar-refractivity contribution >= 4 is 17.6 Å². The van der Waals surface area contributed by atoms with Gasteiger partial charge in [-0.1, -0.05) is 42.5 Å². The molecular formula is C17H15F2NO4. The highest BCUT2D eigenvalue weighted by Crippen LogP contribution is 2.25. The number of rotatable bonds is 7. The van der Waals surface area contributed by atoms with Crippen LogP contribution in [-0.2, 0) is 20.7 Å². The third kappa shape index (κ3) is 5.68. The summed E-state index contributed by atoms with van der Waals surface area (Å²) in [5.41, 5.74) is 0.834. The first-order valence-corrected chi connectivity index (χ1v) is 7.08. The van der Waals surface area contributed by atoms with Crippen LogP contribution in [0.4, 0.5) is 14.5 Å². The van der Waals surface area contributed by atoms with Crippen LogP contribution >= 0.6 is 0 Å². The zero-order chi connectivity index (χ0) is 17.4. The highest BCUT2D eigenvalue weighted by molar-refractivity contribution is 5.94. The number of amides is 1. The van der Waals surface area contributed by atoms with Gasteiger partial charge in [0.15, 0.2) is 6.61 Å². The first-order chi connectivity index (χ1) is 11.5. The molecule has 2 aromatic carbocycles. The van der Waals surface area contributed by atoms with Crippen LogP contribution in [0.5, 0.6) is 5.75 Å². The molecule has 0 spiro atoms. The molecule has 126 valence electrons. The summed E-state index contributed by atoms with van der Waals surface area (Å²) in [4.78, 5) is 23.4. The van der Waals surface area contributed by atoms with Crippen LogP contribution < -0.4 is 10.1 Å². The van der Waals surface area contributed by atoms with Gasteiger partial charge >= 0.3 is 12.6 Å². The normalized spacial score (nSPS) is 10.3. The summed E-state index contributed by atoms with van der Waals surface area (Å²) in [5.74, 6) is -1.38. The number of carbonyl (C=O) groups excluding carboxylic acids is 2.